The maximum Gasteiger partial charge on any atom is 0.222 e. The van der Waals surface area contributed by atoms with Gasteiger partial charge in [0.1, 0.15) is 11.6 Å². The number of aromatic nitrogens is 3. The smallest absolute Gasteiger partial charge is 0.222 e. The highest BCUT2D eigenvalue weighted by Gasteiger charge is 2.39. The van der Waals surface area contributed by atoms with E-state index in [1.54, 1.807) is 0 Å². The molecule has 3 fully saturated rings. The molecule has 0 unspecified atom stereocenters. The lowest BCUT2D eigenvalue weighted by atomic mass is 10.0. The Kier molecular flexibility index (Phi) is 4.33. The minimum atomic E-state index is 0.319. The van der Waals surface area contributed by atoms with Gasteiger partial charge in [-0.1, -0.05) is 6.92 Å². The summed E-state index contributed by atoms with van der Waals surface area (Å²) in [6.45, 7) is 4.90. The Labute approximate surface area is 144 Å². The summed E-state index contributed by atoms with van der Waals surface area (Å²) in [7, 11) is 2.11. The third-order valence-corrected chi connectivity index (χ3v) is 6.07. The van der Waals surface area contributed by atoms with E-state index in [4.69, 9.17) is 0 Å². The number of nitrogens with zero attached hydrogens (tertiary/aromatic N) is 5. The van der Waals surface area contributed by atoms with Gasteiger partial charge in [0.15, 0.2) is 0 Å². The highest BCUT2D eigenvalue weighted by Crippen LogP contribution is 2.39. The molecule has 0 bridgehead atoms. The molecule has 6 heteroatoms. The first kappa shape index (κ1) is 16.1. The molecule has 4 rings (SSSR count). The van der Waals surface area contributed by atoms with Gasteiger partial charge < -0.3 is 9.47 Å². The van der Waals surface area contributed by atoms with Crippen molar-refractivity contribution in [3.8, 4) is 0 Å². The maximum atomic E-state index is 12.3. The Bertz CT molecular complexity index is 609. The standard InChI is InChI=1S/C18H29N5O/c1-3-17(24)23-11-5-7-15(23)14-6-4-10-22(14)12-16-19-20-18(21(16)2)13-8-9-13/h13-15H,3-12H2,1-2H3/t14-,15-/m0/s1. The van der Waals surface area contributed by atoms with E-state index in [0.717, 1.165) is 44.1 Å². The molecule has 0 aromatic carbocycles. The van der Waals surface area contributed by atoms with Crippen molar-refractivity contribution in [3.05, 3.63) is 11.6 Å². The number of hydrogen-bond donors (Lipinski definition) is 0. The van der Waals surface area contributed by atoms with Gasteiger partial charge in [0.25, 0.3) is 0 Å². The number of carbonyl (C=O) groups excluding carboxylic acids is 1. The van der Waals surface area contributed by atoms with Crippen LogP contribution in [0.1, 0.15) is 69.4 Å². The second-order valence-electron chi connectivity index (χ2n) is 7.64. The molecule has 2 atom stereocenters. The largest absolute Gasteiger partial charge is 0.338 e. The summed E-state index contributed by atoms with van der Waals surface area (Å²) in [5.74, 6) is 3.19. The Morgan fingerprint density at radius 2 is 1.83 bits per heavy atom. The SMILES string of the molecule is CCC(=O)N1CCC[C@H]1[C@@H]1CCCN1Cc1nnc(C2CC2)n1C. The van der Waals surface area contributed by atoms with E-state index >= 15 is 0 Å². The Balaban J connectivity index is 1.47. The van der Waals surface area contributed by atoms with Gasteiger partial charge in [-0.2, -0.15) is 0 Å². The van der Waals surface area contributed by atoms with E-state index in [0.29, 0.717) is 30.3 Å². The molecule has 132 valence electrons. The zero-order chi connectivity index (χ0) is 16.7. The van der Waals surface area contributed by atoms with Crippen LogP contribution in [0.25, 0.3) is 0 Å². The summed E-state index contributed by atoms with van der Waals surface area (Å²) >= 11 is 0. The molecule has 1 aliphatic carbocycles. The van der Waals surface area contributed by atoms with E-state index in [2.05, 4.69) is 31.6 Å². The first-order valence-electron chi connectivity index (χ1n) is 9.60. The van der Waals surface area contributed by atoms with E-state index in [-0.39, 0.29) is 0 Å². The Morgan fingerprint density at radius 1 is 1.08 bits per heavy atom. The zero-order valence-electron chi connectivity index (χ0n) is 14.9. The molecular weight excluding hydrogens is 302 g/mol. The molecule has 0 N–H and O–H groups in total. The summed E-state index contributed by atoms with van der Waals surface area (Å²) < 4.78 is 2.21. The van der Waals surface area contributed by atoms with Crippen LogP contribution in [0.3, 0.4) is 0 Å². The molecule has 1 aromatic rings. The van der Waals surface area contributed by atoms with Crippen molar-refractivity contribution in [2.24, 2.45) is 7.05 Å². The zero-order valence-corrected chi connectivity index (χ0v) is 14.9. The van der Waals surface area contributed by atoms with Gasteiger partial charge in [-0.15, -0.1) is 10.2 Å². The third-order valence-electron chi connectivity index (χ3n) is 6.07. The number of likely N-dealkylation sites (tertiary alicyclic amines) is 2. The van der Waals surface area contributed by atoms with E-state index < -0.39 is 0 Å². The summed E-state index contributed by atoms with van der Waals surface area (Å²) in [4.78, 5) is 17.0. The molecule has 1 amide bonds. The molecule has 3 aliphatic rings. The molecule has 2 saturated heterocycles. The molecule has 6 nitrogen and oxygen atoms in total. The summed E-state index contributed by atoms with van der Waals surface area (Å²) in [5, 5.41) is 8.88. The lowest BCUT2D eigenvalue weighted by Crippen LogP contribution is -2.48. The fourth-order valence-corrected chi connectivity index (χ4v) is 4.58. The van der Waals surface area contributed by atoms with Crippen molar-refractivity contribution >= 4 is 5.91 Å². The van der Waals surface area contributed by atoms with Crippen LogP contribution in [0, 0.1) is 0 Å². The molecule has 3 heterocycles. The predicted molar refractivity (Wildman–Crippen MR) is 91.4 cm³/mol. The fraction of sp³-hybridized carbons (Fsp3) is 0.833. The van der Waals surface area contributed by atoms with Crippen LogP contribution in [-0.2, 0) is 18.4 Å². The van der Waals surface area contributed by atoms with Gasteiger partial charge in [-0.3, -0.25) is 9.69 Å². The average Bonchev–Trinajstić information content (AvgIpc) is 2.99. The lowest BCUT2D eigenvalue weighted by molar-refractivity contribution is -0.132. The molecule has 1 saturated carbocycles. The van der Waals surface area contributed by atoms with Crippen molar-refractivity contribution < 1.29 is 4.79 Å². The van der Waals surface area contributed by atoms with Crippen LogP contribution < -0.4 is 0 Å². The molecule has 1 aromatic heterocycles. The Morgan fingerprint density at radius 3 is 2.58 bits per heavy atom. The quantitative estimate of drug-likeness (QED) is 0.829. The lowest BCUT2D eigenvalue weighted by Gasteiger charge is -2.34. The van der Waals surface area contributed by atoms with Gasteiger partial charge in [0, 0.05) is 38.0 Å². The van der Waals surface area contributed by atoms with Crippen molar-refractivity contribution in [1.29, 1.82) is 0 Å². The first-order valence-corrected chi connectivity index (χ1v) is 9.60. The molecule has 0 spiro atoms. The van der Waals surface area contributed by atoms with Gasteiger partial charge in [0.2, 0.25) is 5.91 Å². The summed E-state index contributed by atoms with van der Waals surface area (Å²) in [6.07, 6.45) is 7.87. The summed E-state index contributed by atoms with van der Waals surface area (Å²) in [5.41, 5.74) is 0. The predicted octanol–water partition coefficient (Wildman–Crippen LogP) is 2.06. The third kappa shape index (κ3) is 2.85. The Hall–Kier alpha value is -1.43. The maximum absolute atomic E-state index is 12.3. The molecular formula is C18H29N5O. The highest BCUT2D eigenvalue weighted by molar-refractivity contribution is 5.76. The van der Waals surface area contributed by atoms with Gasteiger partial charge in [0.05, 0.1) is 6.54 Å². The first-order chi connectivity index (χ1) is 11.7. The minimum absolute atomic E-state index is 0.319. The number of amides is 1. The highest BCUT2D eigenvalue weighted by atomic mass is 16.2. The number of hydrogen-bond acceptors (Lipinski definition) is 4. The van der Waals surface area contributed by atoms with Crippen LogP contribution in [0.2, 0.25) is 0 Å². The number of carbonyl (C=O) groups is 1. The van der Waals surface area contributed by atoms with Crippen molar-refractivity contribution in [3.63, 3.8) is 0 Å². The van der Waals surface area contributed by atoms with Gasteiger partial charge in [-0.05, 0) is 45.1 Å². The van der Waals surface area contributed by atoms with Crippen LogP contribution in [0.15, 0.2) is 0 Å². The second kappa shape index (κ2) is 6.47. The van der Waals surface area contributed by atoms with Crippen molar-refractivity contribution in [2.45, 2.75) is 76.4 Å². The van der Waals surface area contributed by atoms with E-state index in [1.165, 1.54) is 25.7 Å². The topological polar surface area (TPSA) is 54.3 Å². The number of rotatable bonds is 5. The normalized spacial score (nSPS) is 28.0. The van der Waals surface area contributed by atoms with Crippen molar-refractivity contribution in [1.82, 2.24) is 24.6 Å². The van der Waals surface area contributed by atoms with Crippen LogP contribution >= 0.6 is 0 Å². The minimum Gasteiger partial charge on any atom is -0.338 e. The molecule has 0 radical (unpaired) electrons. The van der Waals surface area contributed by atoms with Gasteiger partial charge >= 0.3 is 0 Å². The second-order valence-corrected chi connectivity index (χ2v) is 7.64. The van der Waals surface area contributed by atoms with Crippen LogP contribution in [-0.4, -0.2) is 55.6 Å². The van der Waals surface area contributed by atoms with Crippen molar-refractivity contribution in [2.75, 3.05) is 13.1 Å². The van der Waals surface area contributed by atoms with Gasteiger partial charge in [-0.25, -0.2) is 0 Å². The van der Waals surface area contributed by atoms with Crippen LogP contribution in [0.4, 0.5) is 0 Å². The average molecular weight is 331 g/mol. The molecule has 24 heavy (non-hydrogen) atoms. The van der Waals surface area contributed by atoms with Crippen LogP contribution in [0.5, 0.6) is 0 Å². The van der Waals surface area contributed by atoms with E-state index in [1.807, 2.05) is 6.92 Å². The van der Waals surface area contributed by atoms with E-state index in [9.17, 15) is 4.79 Å². The fourth-order valence-electron chi connectivity index (χ4n) is 4.58. The summed E-state index contributed by atoms with van der Waals surface area (Å²) in [6, 6.07) is 0.889. The molecule has 2 aliphatic heterocycles. The monoisotopic (exact) mass is 331 g/mol.